The second-order valence-electron chi connectivity index (χ2n) is 5.38. The number of aryl methyl sites for hydroxylation is 1. The molecule has 0 heterocycles. The highest BCUT2D eigenvalue weighted by atomic mass is 35.5. The molecule has 0 saturated heterocycles. The topological polar surface area (TPSA) is 29.1 Å². The van der Waals surface area contributed by atoms with Crippen LogP contribution in [0.15, 0.2) is 72.8 Å². The molecule has 3 heteroatoms. The van der Waals surface area contributed by atoms with Gasteiger partial charge in [-0.05, 0) is 37.3 Å². The fraction of sp³-hybridized carbons (Fsp3) is 0.0500. The second-order valence-corrected chi connectivity index (χ2v) is 5.79. The molecule has 0 radical (unpaired) electrons. The number of nitrogens with one attached hydrogen (secondary N) is 1. The van der Waals surface area contributed by atoms with E-state index in [-0.39, 0.29) is 5.78 Å². The number of hydrogen-bond donors (Lipinski definition) is 1. The normalized spacial score (nSPS) is 10.3. The zero-order valence-electron chi connectivity index (χ0n) is 12.7. The monoisotopic (exact) mass is 321 g/mol. The minimum absolute atomic E-state index is 0.0330. The van der Waals surface area contributed by atoms with E-state index < -0.39 is 0 Å². The molecule has 0 aliphatic rings. The van der Waals surface area contributed by atoms with Gasteiger partial charge in [-0.1, -0.05) is 59.6 Å². The van der Waals surface area contributed by atoms with E-state index in [0.29, 0.717) is 16.1 Å². The van der Waals surface area contributed by atoms with Crippen LogP contribution in [-0.2, 0) is 0 Å². The summed E-state index contributed by atoms with van der Waals surface area (Å²) in [5.74, 6) is -0.0330. The Kier molecular flexibility index (Phi) is 4.45. The molecule has 0 atom stereocenters. The smallest absolute Gasteiger partial charge is 0.193 e. The lowest BCUT2D eigenvalue weighted by molar-refractivity contribution is 0.103. The highest BCUT2D eigenvalue weighted by molar-refractivity contribution is 6.34. The summed E-state index contributed by atoms with van der Waals surface area (Å²) in [6.45, 7) is 2.04. The quantitative estimate of drug-likeness (QED) is 0.631. The van der Waals surface area contributed by atoms with E-state index in [4.69, 9.17) is 11.6 Å². The highest BCUT2D eigenvalue weighted by Gasteiger charge is 2.11. The van der Waals surface area contributed by atoms with Gasteiger partial charge >= 0.3 is 0 Å². The van der Waals surface area contributed by atoms with E-state index in [9.17, 15) is 4.79 Å². The SMILES string of the molecule is Cc1ccc(Nc2ccc(C(=O)c3ccccc3)cc2Cl)cc1. The fourth-order valence-electron chi connectivity index (χ4n) is 2.31. The average Bonchev–Trinajstić information content (AvgIpc) is 2.59. The Bertz CT molecular complexity index is 826. The Morgan fingerprint density at radius 3 is 2.22 bits per heavy atom. The zero-order valence-corrected chi connectivity index (χ0v) is 13.5. The molecule has 23 heavy (non-hydrogen) atoms. The van der Waals surface area contributed by atoms with Gasteiger partial charge in [0.25, 0.3) is 0 Å². The molecule has 3 aromatic carbocycles. The number of anilines is 2. The first-order valence-electron chi connectivity index (χ1n) is 7.36. The van der Waals surface area contributed by atoms with Crippen LogP contribution in [0.3, 0.4) is 0 Å². The number of carbonyl (C=O) groups excluding carboxylic acids is 1. The van der Waals surface area contributed by atoms with Crippen LogP contribution in [0.25, 0.3) is 0 Å². The molecule has 0 amide bonds. The standard InChI is InChI=1S/C20H16ClNO/c1-14-7-10-17(11-8-14)22-19-12-9-16(13-18(19)21)20(23)15-5-3-2-4-6-15/h2-13,22H,1H3. The number of benzene rings is 3. The molecule has 2 nitrogen and oxygen atoms in total. The van der Waals surface area contributed by atoms with E-state index in [2.05, 4.69) is 5.32 Å². The summed E-state index contributed by atoms with van der Waals surface area (Å²) in [5, 5.41) is 3.78. The Morgan fingerprint density at radius 2 is 1.57 bits per heavy atom. The van der Waals surface area contributed by atoms with Crippen molar-refractivity contribution >= 4 is 28.8 Å². The average molecular weight is 322 g/mol. The van der Waals surface area contributed by atoms with Gasteiger partial charge < -0.3 is 5.32 Å². The van der Waals surface area contributed by atoms with Crippen LogP contribution in [0.2, 0.25) is 5.02 Å². The number of hydrogen-bond acceptors (Lipinski definition) is 2. The molecule has 3 aromatic rings. The number of carbonyl (C=O) groups is 1. The number of ketones is 1. The molecule has 0 fully saturated rings. The van der Waals surface area contributed by atoms with Crippen LogP contribution in [0, 0.1) is 6.92 Å². The van der Waals surface area contributed by atoms with Gasteiger partial charge in [-0.15, -0.1) is 0 Å². The van der Waals surface area contributed by atoms with Crippen molar-refractivity contribution in [3.05, 3.63) is 94.5 Å². The van der Waals surface area contributed by atoms with Crippen molar-refractivity contribution in [2.45, 2.75) is 6.92 Å². The van der Waals surface area contributed by atoms with Crippen molar-refractivity contribution in [2.24, 2.45) is 0 Å². The van der Waals surface area contributed by atoms with Crippen LogP contribution >= 0.6 is 11.6 Å². The summed E-state index contributed by atoms with van der Waals surface area (Å²) in [6, 6.07) is 22.6. The molecule has 3 rings (SSSR count). The molecular formula is C20H16ClNO. The molecule has 0 aromatic heterocycles. The lowest BCUT2D eigenvalue weighted by Crippen LogP contribution is -2.01. The van der Waals surface area contributed by atoms with Crippen molar-refractivity contribution in [1.82, 2.24) is 0 Å². The number of halogens is 1. The second kappa shape index (κ2) is 6.67. The van der Waals surface area contributed by atoms with E-state index in [1.165, 1.54) is 5.56 Å². The van der Waals surface area contributed by atoms with Crippen molar-refractivity contribution in [3.63, 3.8) is 0 Å². The van der Waals surface area contributed by atoms with Crippen molar-refractivity contribution < 1.29 is 4.79 Å². The zero-order chi connectivity index (χ0) is 16.2. The Morgan fingerprint density at radius 1 is 0.870 bits per heavy atom. The molecule has 1 N–H and O–H groups in total. The van der Waals surface area contributed by atoms with Crippen molar-refractivity contribution in [1.29, 1.82) is 0 Å². The molecule has 0 unspecified atom stereocenters. The molecule has 114 valence electrons. The predicted octanol–water partition coefficient (Wildman–Crippen LogP) is 5.62. The van der Waals surface area contributed by atoms with Gasteiger partial charge in [-0.2, -0.15) is 0 Å². The van der Waals surface area contributed by atoms with Crippen molar-refractivity contribution in [2.75, 3.05) is 5.32 Å². The van der Waals surface area contributed by atoms with Crippen LogP contribution < -0.4 is 5.32 Å². The Balaban J connectivity index is 1.83. The van der Waals surface area contributed by atoms with Crippen molar-refractivity contribution in [3.8, 4) is 0 Å². The van der Waals surface area contributed by atoms with Crippen LogP contribution in [0.4, 0.5) is 11.4 Å². The maximum atomic E-state index is 12.4. The summed E-state index contributed by atoms with van der Waals surface area (Å²) in [7, 11) is 0. The summed E-state index contributed by atoms with van der Waals surface area (Å²) in [4.78, 5) is 12.4. The summed E-state index contributed by atoms with van der Waals surface area (Å²) in [6.07, 6.45) is 0. The van der Waals surface area contributed by atoms with Gasteiger partial charge in [0.2, 0.25) is 0 Å². The third kappa shape index (κ3) is 3.61. The Hall–Kier alpha value is -2.58. The van der Waals surface area contributed by atoms with Gasteiger partial charge in [0.05, 0.1) is 10.7 Å². The molecular weight excluding hydrogens is 306 g/mol. The lowest BCUT2D eigenvalue weighted by Gasteiger charge is -2.10. The predicted molar refractivity (Wildman–Crippen MR) is 95.8 cm³/mol. The first-order valence-corrected chi connectivity index (χ1v) is 7.74. The third-order valence-electron chi connectivity index (χ3n) is 3.60. The molecule has 0 bridgehead atoms. The largest absolute Gasteiger partial charge is 0.354 e. The molecule has 0 aliphatic heterocycles. The van der Waals surface area contributed by atoms with Gasteiger partial charge in [-0.3, -0.25) is 4.79 Å². The first-order chi connectivity index (χ1) is 11.1. The van der Waals surface area contributed by atoms with Crippen LogP contribution in [-0.4, -0.2) is 5.78 Å². The number of rotatable bonds is 4. The van der Waals surface area contributed by atoms with Gasteiger partial charge in [0.1, 0.15) is 0 Å². The maximum absolute atomic E-state index is 12.4. The summed E-state index contributed by atoms with van der Waals surface area (Å²) >= 11 is 6.33. The molecule has 0 aliphatic carbocycles. The minimum atomic E-state index is -0.0330. The van der Waals surface area contributed by atoms with Crippen LogP contribution in [0.5, 0.6) is 0 Å². The van der Waals surface area contributed by atoms with Gasteiger partial charge in [0, 0.05) is 16.8 Å². The minimum Gasteiger partial charge on any atom is -0.354 e. The fourth-order valence-corrected chi connectivity index (χ4v) is 2.53. The lowest BCUT2D eigenvalue weighted by atomic mass is 10.0. The van der Waals surface area contributed by atoms with Crippen LogP contribution in [0.1, 0.15) is 21.5 Å². The van der Waals surface area contributed by atoms with E-state index in [0.717, 1.165) is 11.4 Å². The van der Waals surface area contributed by atoms with E-state index in [1.54, 1.807) is 24.3 Å². The van der Waals surface area contributed by atoms with E-state index >= 15 is 0 Å². The summed E-state index contributed by atoms with van der Waals surface area (Å²) in [5.41, 5.74) is 4.17. The Labute approximate surface area is 140 Å². The summed E-state index contributed by atoms with van der Waals surface area (Å²) < 4.78 is 0. The first kappa shape index (κ1) is 15.3. The maximum Gasteiger partial charge on any atom is 0.193 e. The third-order valence-corrected chi connectivity index (χ3v) is 3.91. The molecule has 0 spiro atoms. The molecule has 0 saturated carbocycles. The van der Waals surface area contributed by atoms with Gasteiger partial charge in [0.15, 0.2) is 5.78 Å². The highest BCUT2D eigenvalue weighted by Crippen LogP contribution is 2.27. The van der Waals surface area contributed by atoms with E-state index in [1.807, 2.05) is 55.5 Å². The van der Waals surface area contributed by atoms with Gasteiger partial charge in [-0.25, -0.2) is 0 Å².